The van der Waals surface area contributed by atoms with Gasteiger partial charge >= 0.3 is 0 Å². The molecule has 0 fully saturated rings. The fourth-order valence-corrected chi connectivity index (χ4v) is 2.11. The molecule has 1 aromatic rings. The van der Waals surface area contributed by atoms with Crippen molar-refractivity contribution in [3.63, 3.8) is 0 Å². The maximum Gasteiger partial charge on any atom is 0.271 e. The van der Waals surface area contributed by atoms with Crippen molar-refractivity contribution in [1.82, 2.24) is 5.32 Å². The van der Waals surface area contributed by atoms with Crippen molar-refractivity contribution in [3.8, 4) is 0 Å². The van der Waals surface area contributed by atoms with Crippen LogP contribution in [0.2, 0.25) is 0 Å². The summed E-state index contributed by atoms with van der Waals surface area (Å²) in [7, 11) is 1.79. The number of nitro benzene ring substituents is 1. The molecule has 1 aliphatic heterocycles. The fourth-order valence-electron chi connectivity index (χ4n) is 2.11. The molecule has 0 atom stereocenters. The van der Waals surface area contributed by atoms with E-state index in [1.54, 1.807) is 18.0 Å². The van der Waals surface area contributed by atoms with Crippen LogP contribution in [0.5, 0.6) is 0 Å². The molecule has 0 spiro atoms. The molecule has 0 aliphatic carbocycles. The van der Waals surface area contributed by atoms with Gasteiger partial charge in [-0.15, -0.1) is 0 Å². The van der Waals surface area contributed by atoms with Gasteiger partial charge in [0.2, 0.25) is 5.91 Å². The summed E-state index contributed by atoms with van der Waals surface area (Å²) in [6.45, 7) is 1.22. The lowest BCUT2D eigenvalue weighted by Gasteiger charge is -2.16. The highest BCUT2D eigenvalue weighted by molar-refractivity contribution is 5.95. The summed E-state index contributed by atoms with van der Waals surface area (Å²) < 4.78 is 0. The Morgan fingerprint density at radius 1 is 1.56 bits per heavy atom. The van der Waals surface area contributed by atoms with Crippen LogP contribution in [0, 0.1) is 10.1 Å². The van der Waals surface area contributed by atoms with Crippen molar-refractivity contribution in [2.45, 2.75) is 12.8 Å². The number of non-ortho nitro benzene ring substituents is 1. The lowest BCUT2D eigenvalue weighted by molar-refractivity contribution is -0.384. The van der Waals surface area contributed by atoms with Gasteiger partial charge in [0.1, 0.15) is 0 Å². The van der Waals surface area contributed by atoms with E-state index >= 15 is 0 Å². The largest absolute Gasteiger partial charge is 0.319 e. The first-order valence-electron chi connectivity index (χ1n) is 5.86. The molecule has 1 aliphatic rings. The van der Waals surface area contributed by atoms with Crippen LogP contribution in [0.15, 0.2) is 18.2 Å². The van der Waals surface area contributed by atoms with Gasteiger partial charge < -0.3 is 10.2 Å². The Hall–Kier alpha value is -1.95. The summed E-state index contributed by atoms with van der Waals surface area (Å²) in [5.74, 6) is 0.00333. The van der Waals surface area contributed by atoms with Crippen LogP contribution in [0.25, 0.3) is 0 Å². The number of nitro groups is 1. The van der Waals surface area contributed by atoms with Crippen LogP contribution < -0.4 is 10.2 Å². The molecule has 6 heteroatoms. The minimum atomic E-state index is -0.436. The Morgan fingerprint density at radius 2 is 2.33 bits per heavy atom. The van der Waals surface area contributed by atoms with E-state index in [0.717, 1.165) is 12.0 Å². The summed E-state index contributed by atoms with van der Waals surface area (Å²) in [6, 6.07) is 4.71. The Morgan fingerprint density at radius 3 is 3.00 bits per heavy atom. The second-order valence-corrected chi connectivity index (χ2v) is 4.22. The molecule has 1 amide bonds. The van der Waals surface area contributed by atoms with Crippen LogP contribution >= 0.6 is 0 Å². The van der Waals surface area contributed by atoms with Gasteiger partial charge in [-0.05, 0) is 19.0 Å². The number of carbonyl (C=O) groups excluding carboxylic acids is 1. The van der Waals surface area contributed by atoms with E-state index in [9.17, 15) is 14.9 Å². The molecule has 1 aromatic carbocycles. The predicted molar refractivity (Wildman–Crippen MR) is 67.7 cm³/mol. The zero-order valence-corrected chi connectivity index (χ0v) is 10.2. The molecule has 1 heterocycles. The lowest BCUT2D eigenvalue weighted by Crippen LogP contribution is -2.31. The molecular weight excluding hydrogens is 234 g/mol. The van der Waals surface area contributed by atoms with Crippen molar-refractivity contribution in [3.05, 3.63) is 33.9 Å². The maximum atomic E-state index is 12.0. The van der Waals surface area contributed by atoms with Crippen LogP contribution in [0.1, 0.15) is 12.0 Å². The molecular formula is C12H15N3O3. The SMILES string of the molecule is CNCCC(=O)N1CCc2ccc([N+](=O)[O-])cc21. The first-order chi connectivity index (χ1) is 8.63. The Bertz CT molecular complexity index is 487. The first-order valence-corrected chi connectivity index (χ1v) is 5.86. The van der Waals surface area contributed by atoms with Crippen molar-refractivity contribution in [1.29, 1.82) is 0 Å². The first kappa shape index (κ1) is 12.5. The normalized spacial score (nSPS) is 13.5. The number of rotatable bonds is 4. The number of nitrogens with zero attached hydrogens (tertiary/aromatic N) is 2. The van der Waals surface area contributed by atoms with Crippen LogP contribution in [-0.2, 0) is 11.2 Å². The molecule has 0 saturated heterocycles. The molecule has 0 bridgehead atoms. The smallest absolute Gasteiger partial charge is 0.271 e. The number of anilines is 1. The van der Waals surface area contributed by atoms with E-state index in [1.807, 2.05) is 0 Å². The van der Waals surface area contributed by atoms with Crippen LogP contribution in [-0.4, -0.2) is 31.0 Å². The third kappa shape index (κ3) is 2.33. The van der Waals surface area contributed by atoms with E-state index < -0.39 is 4.92 Å². The van der Waals surface area contributed by atoms with Gasteiger partial charge in [0.25, 0.3) is 5.69 Å². The second kappa shape index (κ2) is 5.14. The molecule has 18 heavy (non-hydrogen) atoms. The van der Waals surface area contributed by atoms with E-state index in [1.165, 1.54) is 12.1 Å². The van der Waals surface area contributed by atoms with Gasteiger partial charge in [-0.25, -0.2) is 0 Å². The standard InChI is InChI=1S/C12H15N3O3/c1-13-6-4-12(16)14-7-5-9-2-3-10(15(17)18)8-11(9)14/h2-3,8,13H,4-7H2,1H3. The van der Waals surface area contributed by atoms with Gasteiger partial charge in [-0.3, -0.25) is 14.9 Å². The monoisotopic (exact) mass is 249 g/mol. The molecule has 2 rings (SSSR count). The van der Waals surface area contributed by atoms with E-state index in [0.29, 0.717) is 25.2 Å². The summed E-state index contributed by atoms with van der Waals surface area (Å²) in [5.41, 5.74) is 1.71. The summed E-state index contributed by atoms with van der Waals surface area (Å²) in [5, 5.41) is 13.7. The molecule has 0 unspecified atom stereocenters. The summed E-state index contributed by atoms with van der Waals surface area (Å²) in [6.07, 6.45) is 1.16. The number of hydrogen-bond donors (Lipinski definition) is 1. The van der Waals surface area contributed by atoms with Gasteiger partial charge in [0, 0.05) is 31.6 Å². The Labute approximate surface area is 105 Å². The number of fused-ring (bicyclic) bond motifs is 1. The number of benzene rings is 1. The minimum Gasteiger partial charge on any atom is -0.319 e. The zero-order valence-electron chi connectivity index (χ0n) is 10.2. The van der Waals surface area contributed by atoms with Gasteiger partial charge in [-0.1, -0.05) is 6.07 Å². The van der Waals surface area contributed by atoms with Crippen molar-refractivity contribution >= 4 is 17.3 Å². The van der Waals surface area contributed by atoms with Gasteiger partial charge in [-0.2, -0.15) is 0 Å². The average molecular weight is 249 g/mol. The van der Waals surface area contributed by atoms with E-state index in [2.05, 4.69) is 5.32 Å². The Balaban J connectivity index is 2.23. The van der Waals surface area contributed by atoms with Crippen molar-refractivity contribution < 1.29 is 9.72 Å². The minimum absolute atomic E-state index is 0.00333. The summed E-state index contributed by atoms with van der Waals surface area (Å²) in [4.78, 5) is 23.9. The molecule has 0 aromatic heterocycles. The Kier molecular flexibility index (Phi) is 3.57. The molecule has 0 radical (unpaired) electrons. The predicted octanol–water partition coefficient (Wildman–Crippen LogP) is 1.09. The number of amides is 1. The molecule has 1 N–H and O–H groups in total. The third-order valence-electron chi connectivity index (χ3n) is 3.07. The van der Waals surface area contributed by atoms with E-state index in [4.69, 9.17) is 0 Å². The maximum absolute atomic E-state index is 12.0. The number of carbonyl (C=O) groups is 1. The topological polar surface area (TPSA) is 75.5 Å². The third-order valence-corrected chi connectivity index (χ3v) is 3.07. The van der Waals surface area contributed by atoms with Crippen LogP contribution in [0.4, 0.5) is 11.4 Å². The van der Waals surface area contributed by atoms with E-state index in [-0.39, 0.29) is 11.6 Å². The zero-order chi connectivity index (χ0) is 13.1. The molecule has 0 saturated carbocycles. The van der Waals surface area contributed by atoms with Gasteiger partial charge in [0.05, 0.1) is 10.6 Å². The van der Waals surface area contributed by atoms with Gasteiger partial charge in [0.15, 0.2) is 0 Å². The second-order valence-electron chi connectivity index (χ2n) is 4.22. The highest BCUT2D eigenvalue weighted by atomic mass is 16.6. The number of nitrogens with one attached hydrogen (secondary N) is 1. The quantitative estimate of drug-likeness (QED) is 0.640. The highest BCUT2D eigenvalue weighted by Crippen LogP contribution is 2.31. The van der Waals surface area contributed by atoms with Crippen LogP contribution in [0.3, 0.4) is 0 Å². The fraction of sp³-hybridized carbons (Fsp3) is 0.417. The lowest BCUT2D eigenvalue weighted by atomic mass is 10.1. The average Bonchev–Trinajstić information content (AvgIpc) is 2.78. The molecule has 6 nitrogen and oxygen atoms in total. The van der Waals surface area contributed by atoms with Crippen molar-refractivity contribution in [2.24, 2.45) is 0 Å². The number of hydrogen-bond acceptors (Lipinski definition) is 4. The molecule has 96 valence electrons. The summed E-state index contributed by atoms with van der Waals surface area (Å²) >= 11 is 0. The van der Waals surface area contributed by atoms with Crippen molar-refractivity contribution in [2.75, 3.05) is 25.0 Å². The highest BCUT2D eigenvalue weighted by Gasteiger charge is 2.26.